The molecule has 0 bridgehead atoms. The van der Waals surface area contributed by atoms with E-state index in [0.29, 0.717) is 0 Å². The second-order valence-corrected chi connectivity index (χ2v) is 8.43. The fourth-order valence-electron chi connectivity index (χ4n) is 3.64. The molecule has 4 rings (SSSR count). The molecule has 2 aromatic carbocycles. The first-order chi connectivity index (χ1) is 12.2. The van der Waals surface area contributed by atoms with Gasteiger partial charge in [0, 0.05) is 66.0 Å². The molecule has 0 aliphatic carbocycles. The Balaban J connectivity index is 1.42. The minimum Gasteiger partial charge on any atom is -0.308 e. The molecule has 1 saturated heterocycles. The third-order valence-corrected chi connectivity index (χ3v) is 6.33. The van der Waals surface area contributed by atoms with E-state index in [4.69, 9.17) is 0 Å². The van der Waals surface area contributed by atoms with E-state index in [2.05, 4.69) is 71.3 Å². The van der Waals surface area contributed by atoms with Gasteiger partial charge in [-0.15, -0.1) is 11.3 Å². The van der Waals surface area contributed by atoms with Gasteiger partial charge >= 0.3 is 0 Å². The zero-order chi connectivity index (χ0) is 17.2. The van der Waals surface area contributed by atoms with Crippen molar-refractivity contribution in [1.82, 2.24) is 14.7 Å². The Labute approximate surface area is 154 Å². The first-order valence-corrected chi connectivity index (χ1v) is 10.0. The average molecular weight is 354 g/mol. The molecule has 0 amide bonds. The predicted molar refractivity (Wildman–Crippen MR) is 110 cm³/mol. The summed E-state index contributed by atoms with van der Waals surface area (Å²) < 4.78 is 2.79. The lowest BCUT2D eigenvalue weighted by Gasteiger charge is -2.35. The van der Waals surface area contributed by atoms with Crippen molar-refractivity contribution in [2.24, 2.45) is 0 Å². The Morgan fingerprint density at radius 1 is 0.880 bits per heavy atom. The molecule has 1 fully saturated rings. The summed E-state index contributed by atoms with van der Waals surface area (Å²) in [5, 5.41) is 2.82. The highest BCUT2D eigenvalue weighted by molar-refractivity contribution is 7.25. The molecule has 132 valence electrons. The second-order valence-electron chi connectivity index (χ2n) is 7.35. The van der Waals surface area contributed by atoms with Crippen molar-refractivity contribution in [3.8, 4) is 0 Å². The van der Waals surface area contributed by atoms with Gasteiger partial charge in [0.1, 0.15) is 0 Å². The molecular formula is C21H27N3S. The molecule has 1 aliphatic rings. The summed E-state index contributed by atoms with van der Waals surface area (Å²) in [5.74, 6) is 0. The van der Waals surface area contributed by atoms with E-state index in [1.54, 1.807) is 0 Å². The molecule has 3 aromatic rings. The van der Waals surface area contributed by atoms with Gasteiger partial charge in [-0.05, 0) is 37.9 Å². The number of benzene rings is 2. The van der Waals surface area contributed by atoms with Crippen LogP contribution in [0.3, 0.4) is 0 Å². The van der Waals surface area contributed by atoms with Gasteiger partial charge < -0.3 is 4.90 Å². The van der Waals surface area contributed by atoms with Crippen LogP contribution in [0.2, 0.25) is 0 Å². The highest BCUT2D eigenvalue weighted by Crippen LogP contribution is 2.34. The number of nitrogens with zero attached hydrogens (tertiary/aromatic N) is 3. The van der Waals surface area contributed by atoms with Crippen LogP contribution in [0.4, 0.5) is 0 Å². The normalized spacial score (nSPS) is 17.1. The number of fused-ring (bicyclic) bond motifs is 3. The lowest BCUT2D eigenvalue weighted by molar-refractivity contribution is 0.120. The Bertz CT molecular complexity index is 847. The van der Waals surface area contributed by atoms with Crippen molar-refractivity contribution in [2.45, 2.75) is 6.54 Å². The van der Waals surface area contributed by atoms with Gasteiger partial charge in [0.25, 0.3) is 0 Å². The topological polar surface area (TPSA) is 9.72 Å². The SMILES string of the molecule is CN(C)CCN1CCN(Cc2ccc3sc4ccccc4c3c2)CC1. The van der Waals surface area contributed by atoms with E-state index >= 15 is 0 Å². The van der Waals surface area contributed by atoms with Gasteiger partial charge in [-0.1, -0.05) is 24.3 Å². The molecule has 0 radical (unpaired) electrons. The van der Waals surface area contributed by atoms with Gasteiger partial charge in [0.2, 0.25) is 0 Å². The van der Waals surface area contributed by atoms with Crippen molar-refractivity contribution in [3.05, 3.63) is 48.0 Å². The van der Waals surface area contributed by atoms with Gasteiger partial charge in [0.05, 0.1) is 0 Å². The van der Waals surface area contributed by atoms with Crippen molar-refractivity contribution in [3.63, 3.8) is 0 Å². The molecule has 2 heterocycles. The van der Waals surface area contributed by atoms with Crippen LogP contribution in [0.25, 0.3) is 20.2 Å². The smallest absolute Gasteiger partial charge is 0.0355 e. The maximum absolute atomic E-state index is 2.60. The number of hydrogen-bond donors (Lipinski definition) is 0. The first-order valence-electron chi connectivity index (χ1n) is 9.19. The predicted octanol–water partition coefficient (Wildman–Crippen LogP) is 3.73. The lowest BCUT2D eigenvalue weighted by atomic mass is 10.1. The van der Waals surface area contributed by atoms with Crippen molar-refractivity contribution >= 4 is 31.5 Å². The van der Waals surface area contributed by atoms with Gasteiger partial charge in [-0.2, -0.15) is 0 Å². The van der Waals surface area contributed by atoms with E-state index in [-0.39, 0.29) is 0 Å². The van der Waals surface area contributed by atoms with Crippen LogP contribution in [0, 0.1) is 0 Å². The number of hydrogen-bond acceptors (Lipinski definition) is 4. The Morgan fingerprint density at radius 2 is 1.60 bits per heavy atom. The number of likely N-dealkylation sites (N-methyl/N-ethyl adjacent to an activating group) is 1. The minimum atomic E-state index is 1.07. The molecule has 3 nitrogen and oxygen atoms in total. The third kappa shape index (κ3) is 3.87. The van der Waals surface area contributed by atoms with Crippen LogP contribution in [-0.2, 0) is 6.54 Å². The maximum atomic E-state index is 2.60. The average Bonchev–Trinajstić information content (AvgIpc) is 2.99. The molecule has 0 saturated carbocycles. The van der Waals surface area contributed by atoms with Gasteiger partial charge in [-0.3, -0.25) is 9.80 Å². The Morgan fingerprint density at radius 3 is 2.40 bits per heavy atom. The van der Waals surface area contributed by atoms with E-state index < -0.39 is 0 Å². The third-order valence-electron chi connectivity index (χ3n) is 5.18. The Hall–Kier alpha value is -1.46. The van der Waals surface area contributed by atoms with Crippen LogP contribution in [0.1, 0.15) is 5.56 Å². The number of piperazine rings is 1. The minimum absolute atomic E-state index is 1.07. The van der Waals surface area contributed by atoms with Crippen LogP contribution in [-0.4, -0.2) is 68.1 Å². The molecule has 25 heavy (non-hydrogen) atoms. The van der Waals surface area contributed by atoms with Crippen molar-refractivity contribution < 1.29 is 0 Å². The zero-order valence-electron chi connectivity index (χ0n) is 15.2. The quantitative estimate of drug-likeness (QED) is 0.692. The van der Waals surface area contributed by atoms with E-state index in [9.17, 15) is 0 Å². The largest absolute Gasteiger partial charge is 0.308 e. The number of rotatable bonds is 5. The van der Waals surface area contributed by atoms with Crippen LogP contribution >= 0.6 is 11.3 Å². The molecule has 0 N–H and O–H groups in total. The zero-order valence-corrected chi connectivity index (χ0v) is 16.1. The molecule has 1 aliphatic heterocycles. The summed E-state index contributed by atoms with van der Waals surface area (Å²) in [6, 6.07) is 15.8. The fraction of sp³-hybridized carbons (Fsp3) is 0.429. The summed E-state index contributed by atoms with van der Waals surface area (Å²) in [4.78, 5) is 7.46. The first kappa shape index (κ1) is 17.0. The maximum Gasteiger partial charge on any atom is 0.0355 e. The van der Waals surface area contributed by atoms with Crippen molar-refractivity contribution in [2.75, 3.05) is 53.4 Å². The molecular weight excluding hydrogens is 326 g/mol. The number of thiophene rings is 1. The van der Waals surface area contributed by atoms with Gasteiger partial charge in [-0.25, -0.2) is 0 Å². The monoisotopic (exact) mass is 353 g/mol. The van der Waals surface area contributed by atoms with E-state index in [0.717, 1.165) is 13.1 Å². The molecule has 0 spiro atoms. The molecule has 0 unspecified atom stereocenters. The van der Waals surface area contributed by atoms with Crippen LogP contribution in [0.5, 0.6) is 0 Å². The summed E-state index contributed by atoms with van der Waals surface area (Å²) in [7, 11) is 4.31. The second kappa shape index (κ2) is 7.42. The summed E-state index contributed by atoms with van der Waals surface area (Å²) in [5.41, 5.74) is 1.44. The van der Waals surface area contributed by atoms with E-state index in [1.807, 2.05) is 11.3 Å². The highest BCUT2D eigenvalue weighted by Gasteiger charge is 2.17. The Kier molecular flexibility index (Phi) is 5.04. The standard InChI is InChI=1S/C21H27N3S/c1-22(2)9-10-23-11-13-24(14-12-23)16-17-7-8-21-19(15-17)18-5-3-4-6-20(18)25-21/h3-8,15H,9-14,16H2,1-2H3. The molecule has 4 heteroatoms. The van der Waals surface area contributed by atoms with E-state index in [1.165, 1.54) is 58.5 Å². The lowest BCUT2D eigenvalue weighted by Crippen LogP contribution is -2.47. The fourth-order valence-corrected chi connectivity index (χ4v) is 4.73. The van der Waals surface area contributed by atoms with Crippen LogP contribution < -0.4 is 0 Å². The summed E-state index contributed by atoms with van der Waals surface area (Å²) in [6.07, 6.45) is 0. The van der Waals surface area contributed by atoms with Gasteiger partial charge in [0.15, 0.2) is 0 Å². The summed E-state index contributed by atoms with van der Waals surface area (Å²) in [6.45, 7) is 8.15. The van der Waals surface area contributed by atoms with Crippen LogP contribution in [0.15, 0.2) is 42.5 Å². The molecule has 1 aromatic heterocycles. The van der Waals surface area contributed by atoms with Crippen molar-refractivity contribution in [1.29, 1.82) is 0 Å². The molecule has 0 atom stereocenters. The highest BCUT2D eigenvalue weighted by atomic mass is 32.1. The summed E-state index contributed by atoms with van der Waals surface area (Å²) >= 11 is 1.90.